The Morgan fingerprint density at radius 1 is 1.10 bits per heavy atom. The molecular formula is C24H28N2O5. The molecule has 0 saturated heterocycles. The number of anilines is 1. The van der Waals surface area contributed by atoms with Crippen LogP contribution in [-0.2, 0) is 25.5 Å². The number of hydrogen-bond acceptors (Lipinski definition) is 5. The molecule has 0 aliphatic carbocycles. The van der Waals surface area contributed by atoms with Crippen LogP contribution in [0.1, 0.15) is 31.4 Å². The Morgan fingerprint density at radius 2 is 1.84 bits per heavy atom. The van der Waals surface area contributed by atoms with Gasteiger partial charge in [-0.25, -0.2) is 0 Å². The zero-order chi connectivity index (χ0) is 22.6. The highest BCUT2D eigenvalue weighted by molar-refractivity contribution is 5.99. The summed E-state index contributed by atoms with van der Waals surface area (Å²) in [4.78, 5) is 35.3. The van der Waals surface area contributed by atoms with Crippen LogP contribution in [0.4, 0.5) is 5.69 Å². The van der Waals surface area contributed by atoms with E-state index in [4.69, 9.17) is 9.47 Å². The molecule has 7 nitrogen and oxygen atoms in total. The second-order valence-electron chi connectivity index (χ2n) is 6.97. The van der Waals surface area contributed by atoms with Gasteiger partial charge in [-0.3, -0.25) is 14.4 Å². The predicted octanol–water partition coefficient (Wildman–Crippen LogP) is 3.35. The molecule has 2 N–H and O–H groups in total. The minimum Gasteiger partial charge on any atom is -0.497 e. The van der Waals surface area contributed by atoms with Crippen LogP contribution in [0.5, 0.6) is 5.75 Å². The molecule has 1 atom stereocenters. The molecule has 1 unspecified atom stereocenters. The van der Waals surface area contributed by atoms with Crippen molar-refractivity contribution in [3.8, 4) is 5.75 Å². The molecule has 7 heteroatoms. The van der Waals surface area contributed by atoms with Crippen molar-refractivity contribution in [2.45, 2.75) is 32.7 Å². The monoisotopic (exact) mass is 424 g/mol. The summed E-state index contributed by atoms with van der Waals surface area (Å²) in [6.07, 6.45) is 4.47. The number of benzene rings is 2. The van der Waals surface area contributed by atoms with E-state index >= 15 is 0 Å². The quantitative estimate of drug-likeness (QED) is 0.347. The van der Waals surface area contributed by atoms with E-state index in [0.29, 0.717) is 18.7 Å². The maximum Gasteiger partial charge on any atom is 0.302 e. The molecule has 0 fully saturated rings. The number of esters is 1. The fraction of sp³-hybridized carbons (Fsp3) is 0.292. The number of nitrogens with one attached hydrogen (secondary N) is 2. The zero-order valence-electron chi connectivity index (χ0n) is 18.0. The first kappa shape index (κ1) is 23.7. The summed E-state index contributed by atoms with van der Waals surface area (Å²) >= 11 is 0. The lowest BCUT2D eigenvalue weighted by Crippen LogP contribution is -2.40. The van der Waals surface area contributed by atoms with Gasteiger partial charge in [0.15, 0.2) is 0 Å². The fourth-order valence-corrected chi connectivity index (χ4v) is 2.76. The van der Waals surface area contributed by atoms with Gasteiger partial charge in [0.2, 0.25) is 11.8 Å². The highest BCUT2D eigenvalue weighted by Crippen LogP contribution is 2.14. The van der Waals surface area contributed by atoms with Gasteiger partial charge in [-0.1, -0.05) is 24.3 Å². The third-order valence-electron chi connectivity index (χ3n) is 4.40. The maximum absolute atomic E-state index is 12.4. The number of amides is 2. The SMILES string of the molecule is COc1ccc(C=CC(=O)NC(C)C(=O)Nc2cccc(CCCOC(C)=O)c2)cc1. The van der Waals surface area contributed by atoms with Crippen molar-refractivity contribution in [2.75, 3.05) is 19.0 Å². The van der Waals surface area contributed by atoms with Crippen LogP contribution >= 0.6 is 0 Å². The molecule has 0 spiro atoms. The van der Waals surface area contributed by atoms with Gasteiger partial charge in [0, 0.05) is 18.7 Å². The van der Waals surface area contributed by atoms with Gasteiger partial charge in [0.05, 0.1) is 13.7 Å². The number of carbonyl (C=O) groups excluding carboxylic acids is 3. The van der Waals surface area contributed by atoms with Gasteiger partial charge >= 0.3 is 5.97 Å². The van der Waals surface area contributed by atoms with Crippen LogP contribution in [0.15, 0.2) is 54.6 Å². The highest BCUT2D eigenvalue weighted by Gasteiger charge is 2.14. The van der Waals surface area contributed by atoms with Crippen LogP contribution in [-0.4, -0.2) is 37.5 Å². The molecule has 31 heavy (non-hydrogen) atoms. The summed E-state index contributed by atoms with van der Waals surface area (Å²) in [5, 5.41) is 5.45. The van der Waals surface area contributed by atoms with Crippen molar-refractivity contribution in [1.29, 1.82) is 0 Å². The molecule has 0 bridgehead atoms. The lowest BCUT2D eigenvalue weighted by atomic mass is 10.1. The molecule has 0 aliphatic rings. The van der Waals surface area contributed by atoms with E-state index in [2.05, 4.69) is 10.6 Å². The summed E-state index contributed by atoms with van der Waals surface area (Å²) in [5.41, 5.74) is 2.51. The minimum atomic E-state index is -0.708. The lowest BCUT2D eigenvalue weighted by molar-refractivity contribution is -0.141. The Balaban J connectivity index is 1.83. The van der Waals surface area contributed by atoms with E-state index in [0.717, 1.165) is 23.3 Å². The first-order chi connectivity index (χ1) is 14.9. The zero-order valence-corrected chi connectivity index (χ0v) is 18.0. The molecule has 2 rings (SSSR count). The van der Waals surface area contributed by atoms with Crippen LogP contribution < -0.4 is 15.4 Å². The lowest BCUT2D eigenvalue weighted by Gasteiger charge is -2.13. The molecule has 0 aliphatic heterocycles. The normalized spacial score (nSPS) is 11.6. The first-order valence-electron chi connectivity index (χ1n) is 10.0. The van der Waals surface area contributed by atoms with Crippen molar-refractivity contribution >= 4 is 29.5 Å². The Kier molecular flexibility index (Phi) is 9.29. The number of hydrogen-bond donors (Lipinski definition) is 2. The molecule has 0 aromatic heterocycles. The third-order valence-corrected chi connectivity index (χ3v) is 4.40. The average Bonchev–Trinajstić information content (AvgIpc) is 2.75. The second-order valence-corrected chi connectivity index (χ2v) is 6.97. The van der Waals surface area contributed by atoms with Crippen molar-refractivity contribution < 1.29 is 23.9 Å². The summed E-state index contributed by atoms with van der Waals surface area (Å²) < 4.78 is 10.0. The number of aryl methyl sites for hydroxylation is 1. The van der Waals surface area contributed by atoms with Crippen molar-refractivity contribution in [2.24, 2.45) is 0 Å². The second kappa shape index (κ2) is 12.2. The van der Waals surface area contributed by atoms with Gasteiger partial charge in [0.25, 0.3) is 0 Å². The van der Waals surface area contributed by atoms with Crippen LogP contribution in [0.25, 0.3) is 6.08 Å². The summed E-state index contributed by atoms with van der Waals surface area (Å²) in [6.45, 7) is 3.36. The number of methoxy groups -OCH3 is 1. The standard InChI is InChI=1S/C24H28N2O5/c1-17(25-23(28)14-11-19-9-12-22(30-3)13-10-19)24(29)26-21-8-4-6-20(16-21)7-5-15-31-18(2)27/h4,6,8-14,16-17H,5,7,15H2,1-3H3,(H,25,28)(H,26,29). The molecule has 0 saturated carbocycles. The summed E-state index contributed by atoms with van der Waals surface area (Å²) in [6, 6.07) is 14.0. The van der Waals surface area contributed by atoms with Gasteiger partial charge in [-0.05, 0) is 61.2 Å². The number of ether oxygens (including phenoxy) is 2. The number of rotatable bonds is 10. The van der Waals surface area contributed by atoms with Crippen molar-refractivity contribution in [3.05, 3.63) is 65.7 Å². The molecule has 2 aromatic rings. The third kappa shape index (κ3) is 8.74. The first-order valence-corrected chi connectivity index (χ1v) is 10.0. The summed E-state index contributed by atoms with van der Waals surface area (Å²) in [5.74, 6) is -0.239. The smallest absolute Gasteiger partial charge is 0.302 e. The van der Waals surface area contributed by atoms with Crippen molar-refractivity contribution in [1.82, 2.24) is 5.32 Å². The average molecular weight is 424 g/mol. The number of carbonyl (C=O) groups is 3. The molecule has 2 aromatic carbocycles. The minimum absolute atomic E-state index is 0.295. The van der Waals surface area contributed by atoms with Crippen LogP contribution in [0.3, 0.4) is 0 Å². The van der Waals surface area contributed by atoms with Crippen LogP contribution in [0, 0.1) is 0 Å². The molecule has 2 amide bonds. The van der Waals surface area contributed by atoms with Gasteiger partial charge < -0.3 is 20.1 Å². The van der Waals surface area contributed by atoms with E-state index in [1.807, 2.05) is 30.3 Å². The van der Waals surface area contributed by atoms with E-state index < -0.39 is 6.04 Å². The maximum atomic E-state index is 12.4. The largest absolute Gasteiger partial charge is 0.497 e. The highest BCUT2D eigenvalue weighted by atomic mass is 16.5. The fourth-order valence-electron chi connectivity index (χ4n) is 2.76. The molecule has 0 radical (unpaired) electrons. The molecule has 164 valence electrons. The van der Waals surface area contributed by atoms with Crippen molar-refractivity contribution in [3.63, 3.8) is 0 Å². The van der Waals surface area contributed by atoms with E-state index in [1.54, 1.807) is 38.3 Å². The van der Waals surface area contributed by atoms with Gasteiger partial charge in [-0.2, -0.15) is 0 Å². The van der Waals surface area contributed by atoms with Gasteiger partial charge in [0.1, 0.15) is 11.8 Å². The Morgan fingerprint density at radius 3 is 2.52 bits per heavy atom. The summed E-state index contributed by atoms with van der Waals surface area (Å²) in [7, 11) is 1.59. The predicted molar refractivity (Wildman–Crippen MR) is 120 cm³/mol. The Hall–Kier alpha value is -3.61. The Bertz CT molecular complexity index is 922. The van der Waals surface area contributed by atoms with Crippen LogP contribution in [0.2, 0.25) is 0 Å². The molecule has 0 heterocycles. The van der Waals surface area contributed by atoms with E-state index in [9.17, 15) is 14.4 Å². The van der Waals surface area contributed by atoms with E-state index in [-0.39, 0.29) is 17.8 Å². The van der Waals surface area contributed by atoms with Gasteiger partial charge in [-0.15, -0.1) is 0 Å². The Labute approximate surface area is 182 Å². The van der Waals surface area contributed by atoms with E-state index in [1.165, 1.54) is 13.0 Å². The topological polar surface area (TPSA) is 93.7 Å². The molecular weight excluding hydrogens is 396 g/mol.